The van der Waals surface area contributed by atoms with Crippen LogP contribution in [0.15, 0.2) is 106 Å². The first-order chi connectivity index (χ1) is 37.3. The Morgan fingerprint density at radius 1 is 0.922 bits per heavy atom. The topological polar surface area (TPSA) is 150 Å². The van der Waals surface area contributed by atoms with Crippen molar-refractivity contribution >= 4 is 46.3 Å². The molecule has 4 N–H and O–H groups in total. The van der Waals surface area contributed by atoms with Crippen molar-refractivity contribution in [3.8, 4) is 0 Å². The van der Waals surface area contributed by atoms with Crippen molar-refractivity contribution in [2.75, 3.05) is 42.9 Å². The Morgan fingerprint density at radius 3 is 2.47 bits per heavy atom. The normalized spacial score (nSPS) is 29.5. The highest BCUT2D eigenvalue weighted by molar-refractivity contribution is 7.99. The van der Waals surface area contributed by atoms with Gasteiger partial charge in [-0.25, -0.2) is 14.4 Å². The maximum absolute atomic E-state index is 15.7. The molecule has 77 heavy (non-hydrogen) atoms. The highest BCUT2D eigenvalue weighted by Crippen LogP contribution is 2.74. The number of Topliss-reactive ketones (excluding diaryl/α,β-unsaturated/α-hetero) is 1. The zero-order valence-corrected chi connectivity index (χ0v) is 45.6. The van der Waals surface area contributed by atoms with Crippen molar-refractivity contribution in [1.29, 1.82) is 0 Å². The summed E-state index contributed by atoms with van der Waals surface area (Å²) >= 11 is 1.66. The van der Waals surface area contributed by atoms with E-state index in [2.05, 4.69) is 93.9 Å². The summed E-state index contributed by atoms with van der Waals surface area (Å²) in [5.74, 6) is 1.74. The average Bonchev–Trinajstić information content (AvgIpc) is 3.74. The number of allylic oxidation sites excluding steroid dienone is 2. The molecule has 3 saturated heterocycles. The predicted octanol–water partition coefficient (Wildman–Crippen LogP) is 10.6. The van der Waals surface area contributed by atoms with Gasteiger partial charge in [0.2, 0.25) is 5.91 Å². The van der Waals surface area contributed by atoms with Gasteiger partial charge in [0, 0.05) is 91.4 Å². The number of piperidine rings is 2. The highest BCUT2D eigenvalue weighted by Gasteiger charge is 2.81. The number of ketones is 1. The molecule has 7 fully saturated rings. The van der Waals surface area contributed by atoms with Gasteiger partial charge < -0.3 is 26.2 Å². The number of benzene rings is 2. The molecule has 4 aromatic rings. The molecule has 2 aromatic carbocycles. The molecule has 402 valence electrons. The third-order valence-electron chi connectivity index (χ3n) is 19.4. The highest BCUT2D eigenvalue weighted by atomic mass is 32.2. The smallest absolute Gasteiger partial charge is 0.254 e. The second-order valence-corrected chi connectivity index (χ2v) is 25.8. The van der Waals surface area contributed by atoms with Crippen molar-refractivity contribution in [3.63, 3.8) is 0 Å². The minimum atomic E-state index is -0.557. The minimum Gasteiger partial charge on any atom is -0.378 e. The van der Waals surface area contributed by atoms with E-state index in [-0.39, 0.29) is 58.8 Å². The Morgan fingerprint density at radius 2 is 1.75 bits per heavy atom. The van der Waals surface area contributed by atoms with E-state index >= 15 is 4.39 Å². The zero-order chi connectivity index (χ0) is 52.6. The molecule has 4 aliphatic heterocycles. The van der Waals surface area contributed by atoms with Crippen LogP contribution in [0.4, 0.5) is 15.8 Å². The summed E-state index contributed by atoms with van der Waals surface area (Å²) in [5.41, 5.74) is 15.9. The van der Waals surface area contributed by atoms with Gasteiger partial charge in [-0.15, -0.1) is 0 Å². The molecule has 14 heteroatoms. The van der Waals surface area contributed by atoms with Gasteiger partial charge in [0.15, 0.2) is 11.6 Å². The number of nitrogens with one attached hydrogen (secondary N) is 2. The molecule has 0 radical (unpaired) electrons. The number of pyridine rings is 1. The van der Waals surface area contributed by atoms with Gasteiger partial charge in [-0.05, 0) is 198 Å². The summed E-state index contributed by atoms with van der Waals surface area (Å²) < 4.78 is 15.7. The number of halogens is 1. The number of hydrogen-bond donors (Lipinski definition) is 3. The maximum atomic E-state index is 15.7. The number of nitrogens with zero attached hydrogens (tertiary/aromatic N) is 6. The number of anilines is 2. The maximum Gasteiger partial charge on any atom is 0.254 e. The van der Waals surface area contributed by atoms with Crippen LogP contribution in [0.25, 0.3) is 5.57 Å². The van der Waals surface area contributed by atoms with Gasteiger partial charge in [0.25, 0.3) is 5.91 Å². The van der Waals surface area contributed by atoms with Crippen LogP contribution in [-0.2, 0) is 16.0 Å². The number of carbonyl (C=O) groups is 3. The van der Waals surface area contributed by atoms with E-state index in [0.29, 0.717) is 55.5 Å². The first kappa shape index (κ1) is 50.8. The number of rotatable bonds is 16. The van der Waals surface area contributed by atoms with Crippen LogP contribution in [0.3, 0.4) is 0 Å². The van der Waals surface area contributed by atoms with Crippen molar-refractivity contribution in [2.45, 2.75) is 156 Å². The molecule has 0 bridgehead atoms. The lowest BCUT2D eigenvalue weighted by atomic mass is 9.77. The first-order valence-corrected chi connectivity index (χ1v) is 29.8. The Labute approximate surface area is 457 Å². The number of aromatic nitrogens is 3. The summed E-state index contributed by atoms with van der Waals surface area (Å²) in [6.45, 7) is 8.75. The molecule has 13 rings (SSSR count). The molecular weight excluding hydrogens is 982 g/mol. The number of aryl methyl sites for hydroxylation is 1. The molecule has 9 aliphatic rings. The number of fused-ring (bicyclic) bond motifs is 4. The lowest BCUT2D eigenvalue weighted by Crippen LogP contribution is -2.61. The largest absolute Gasteiger partial charge is 0.378 e. The molecule has 5 aliphatic carbocycles. The van der Waals surface area contributed by atoms with Crippen LogP contribution < -0.4 is 21.3 Å². The van der Waals surface area contributed by atoms with E-state index in [9.17, 15) is 14.4 Å². The van der Waals surface area contributed by atoms with Gasteiger partial charge in [-0.2, -0.15) is 0 Å². The lowest BCUT2D eigenvalue weighted by Gasteiger charge is -2.42. The number of likely N-dealkylation sites (tertiary alicyclic amines) is 1. The van der Waals surface area contributed by atoms with Gasteiger partial charge in [-0.3, -0.25) is 24.3 Å². The lowest BCUT2D eigenvalue weighted by molar-refractivity contribution is -0.134. The third-order valence-corrected chi connectivity index (χ3v) is 20.3. The Bertz CT molecular complexity index is 3050. The van der Waals surface area contributed by atoms with Crippen molar-refractivity contribution in [3.05, 3.63) is 130 Å². The van der Waals surface area contributed by atoms with E-state index in [1.54, 1.807) is 18.0 Å². The van der Waals surface area contributed by atoms with Crippen molar-refractivity contribution in [1.82, 2.24) is 30.1 Å². The quantitative estimate of drug-likeness (QED) is 0.0921. The van der Waals surface area contributed by atoms with Crippen LogP contribution in [-0.4, -0.2) is 98.2 Å². The average molecular weight is 1060 g/mol. The van der Waals surface area contributed by atoms with Gasteiger partial charge in [0.1, 0.15) is 10.7 Å². The van der Waals surface area contributed by atoms with Crippen LogP contribution in [0, 0.1) is 42.3 Å². The fourth-order valence-electron chi connectivity index (χ4n) is 14.4. The van der Waals surface area contributed by atoms with Crippen LogP contribution in [0.1, 0.15) is 142 Å². The van der Waals surface area contributed by atoms with E-state index in [0.717, 1.165) is 134 Å². The number of amides is 2. The number of hydrogen-bond acceptors (Lipinski definition) is 11. The molecule has 4 saturated carbocycles. The number of nitrogens with two attached hydrogens (primary N) is 1. The monoisotopic (exact) mass is 1060 g/mol. The molecule has 1 spiro atoms. The second kappa shape index (κ2) is 20.5. The predicted molar refractivity (Wildman–Crippen MR) is 300 cm³/mol. The van der Waals surface area contributed by atoms with Gasteiger partial charge in [-0.1, -0.05) is 42.1 Å². The van der Waals surface area contributed by atoms with Crippen molar-refractivity contribution < 1.29 is 18.8 Å². The summed E-state index contributed by atoms with van der Waals surface area (Å²) in [6.07, 6.45) is 26.7. The summed E-state index contributed by atoms with van der Waals surface area (Å²) in [7, 11) is 0. The van der Waals surface area contributed by atoms with Crippen LogP contribution in [0.2, 0.25) is 0 Å². The van der Waals surface area contributed by atoms with Crippen molar-refractivity contribution in [2.24, 2.45) is 35.3 Å². The SMILES string of the molecule is Cc1cc(N2CCC(N3CC=C(c4cnc(C(=O)CCC5C=C6CN(C7CCC(=O)NC78C7CC78)C(=O)C6=CC5)c(F)c4)CC3)CC2)ccc1C(Nc1cccc(Sc2cnc(CC3CCC(C)(N)CC3)cn2)c1)C1CC1. The summed E-state index contributed by atoms with van der Waals surface area (Å²) in [4.78, 5) is 61.5. The molecular formula is C63H74FN9O3S. The van der Waals surface area contributed by atoms with Gasteiger partial charge in [0.05, 0.1) is 29.5 Å². The first-order valence-electron chi connectivity index (χ1n) is 29.0. The Hall–Kier alpha value is -5.70. The fraction of sp³-hybridized carbons (Fsp3) is 0.524. The van der Waals surface area contributed by atoms with Gasteiger partial charge >= 0.3 is 0 Å². The van der Waals surface area contributed by atoms with E-state index < -0.39 is 5.82 Å². The van der Waals surface area contributed by atoms with E-state index in [1.165, 1.54) is 35.7 Å². The third kappa shape index (κ3) is 10.4. The molecule has 2 amide bonds. The molecule has 5 atom stereocenters. The standard InChI is InChI=1S/C63H74FN9O3S/c1-38-28-48(10-12-50(38)59(42-8-9-42)69-45-4-3-5-49(32-45)77-58-36-66-46(35-67-58)30-40-16-22-62(2,65)23-17-40)72-26-20-47(21-27-72)71-24-18-41(19-25-71)43-31-54(64)60(68-34-43)55(74)13-7-39-6-11-51-44(29-39)37-73(61(51)76)56-14-15-57(75)70-63(56)52-33-53(52)63/h3-5,10-12,18,28-29,31-32,34-36,39-40,42,47,52-53,56,59,69H,6-9,13-17,19-27,30,33,37,65H2,1-2H3,(H,70,75). The Kier molecular flexibility index (Phi) is 13.5. The fourth-order valence-corrected chi connectivity index (χ4v) is 15.2. The molecule has 5 unspecified atom stereocenters. The molecule has 6 heterocycles. The van der Waals surface area contributed by atoms with Crippen LogP contribution >= 0.6 is 11.8 Å². The summed E-state index contributed by atoms with van der Waals surface area (Å²) in [6, 6.07) is 18.1. The zero-order valence-electron chi connectivity index (χ0n) is 44.8. The molecule has 12 nitrogen and oxygen atoms in total. The second-order valence-electron chi connectivity index (χ2n) is 24.7. The van der Waals surface area contributed by atoms with Crippen LogP contribution in [0.5, 0.6) is 0 Å². The number of carbonyl (C=O) groups excluding carboxylic acids is 3. The van der Waals surface area contributed by atoms with E-state index in [4.69, 9.17) is 15.7 Å². The minimum absolute atomic E-state index is 0.0182. The van der Waals surface area contributed by atoms with E-state index in [1.807, 2.05) is 23.4 Å². The summed E-state index contributed by atoms with van der Waals surface area (Å²) in [5, 5.41) is 8.12. The Balaban J connectivity index is 0.567. The molecule has 2 aromatic heterocycles.